The zero-order valence-electron chi connectivity index (χ0n) is 20.1. The van der Waals surface area contributed by atoms with Crippen LogP contribution in [-0.4, -0.2) is 51.6 Å². The molecule has 0 aliphatic carbocycles. The van der Waals surface area contributed by atoms with Crippen LogP contribution in [0.3, 0.4) is 0 Å². The third kappa shape index (κ3) is 4.67. The molecule has 0 unspecified atom stereocenters. The average molecular weight is 498 g/mol. The summed E-state index contributed by atoms with van der Waals surface area (Å²) in [4.78, 5) is 15.1. The Bertz CT molecular complexity index is 1580. The van der Waals surface area contributed by atoms with E-state index >= 15 is 0 Å². The number of hydrogen-bond acceptors (Lipinski definition) is 10. The van der Waals surface area contributed by atoms with Gasteiger partial charge in [0.25, 0.3) is 5.91 Å². The van der Waals surface area contributed by atoms with Gasteiger partial charge in [-0.2, -0.15) is 9.78 Å². The molecule has 0 saturated heterocycles. The maximum absolute atomic E-state index is 13.2. The van der Waals surface area contributed by atoms with Gasteiger partial charge in [0.05, 0.1) is 25.6 Å². The predicted molar refractivity (Wildman–Crippen MR) is 138 cm³/mol. The van der Waals surface area contributed by atoms with E-state index in [0.29, 0.717) is 11.4 Å². The van der Waals surface area contributed by atoms with Gasteiger partial charge in [-0.1, -0.05) is 53.7 Å². The molecule has 37 heavy (non-hydrogen) atoms. The van der Waals surface area contributed by atoms with Gasteiger partial charge in [-0.25, -0.2) is 10.1 Å². The first kappa shape index (κ1) is 23.5. The number of rotatable bonds is 8. The number of ether oxygens (including phenoxy) is 1. The van der Waals surface area contributed by atoms with Gasteiger partial charge in [-0.05, 0) is 39.3 Å². The summed E-state index contributed by atoms with van der Waals surface area (Å²) in [6, 6.07) is 21.3. The highest BCUT2D eigenvalue weighted by Gasteiger charge is 2.25. The number of nitrogens with one attached hydrogen (secondary N) is 1. The highest BCUT2D eigenvalue weighted by Crippen LogP contribution is 2.26. The maximum atomic E-state index is 13.2. The minimum absolute atomic E-state index is 0.0153. The van der Waals surface area contributed by atoms with E-state index in [-0.39, 0.29) is 23.9 Å². The van der Waals surface area contributed by atoms with Crippen LogP contribution in [-0.2, 0) is 6.54 Å². The molecule has 0 aliphatic heterocycles. The summed E-state index contributed by atoms with van der Waals surface area (Å²) in [5, 5.41) is 21.7. The fraction of sp³-hybridized carbons (Fsp3) is 0.120. The molecule has 3 N–H and O–H groups in total. The lowest BCUT2D eigenvalue weighted by Gasteiger charge is -2.19. The number of carbonyl (C=O) groups excluding carboxylic acids is 1. The summed E-state index contributed by atoms with van der Waals surface area (Å²) >= 11 is 0. The van der Waals surface area contributed by atoms with Gasteiger partial charge in [-0.15, -0.1) is 5.10 Å². The van der Waals surface area contributed by atoms with Crippen LogP contribution in [0.5, 0.6) is 5.75 Å². The zero-order chi connectivity index (χ0) is 25.8. The number of nitrogen functional groups attached to an aromatic ring is 1. The number of hydrazone groups is 1. The molecule has 0 aliphatic rings. The minimum Gasteiger partial charge on any atom is -0.496 e. The highest BCUT2D eigenvalue weighted by molar-refractivity contribution is 6.03. The van der Waals surface area contributed by atoms with Crippen LogP contribution >= 0.6 is 0 Å². The Morgan fingerprint density at radius 3 is 2.68 bits per heavy atom. The van der Waals surface area contributed by atoms with Crippen LogP contribution in [0.15, 0.2) is 76.5 Å². The number of nitrogens with zero attached hydrogens (tertiary/aromatic N) is 7. The van der Waals surface area contributed by atoms with E-state index in [0.717, 1.165) is 22.0 Å². The second-order valence-corrected chi connectivity index (χ2v) is 8.06. The summed E-state index contributed by atoms with van der Waals surface area (Å²) in [5.41, 5.74) is 10.5. The van der Waals surface area contributed by atoms with Gasteiger partial charge < -0.3 is 15.4 Å². The molecule has 0 fully saturated rings. The number of para-hydroxylation sites is 1. The largest absolute Gasteiger partial charge is 0.496 e. The molecular formula is C25H23N9O3. The summed E-state index contributed by atoms with van der Waals surface area (Å²) in [5.74, 6) is 0.212. The Labute approximate surface area is 211 Å². The maximum Gasteiger partial charge on any atom is 0.293 e. The number of methoxy groups -OCH3 is 1. The van der Waals surface area contributed by atoms with Gasteiger partial charge >= 0.3 is 0 Å². The van der Waals surface area contributed by atoms with Gasteiger partial charge in [0.15, 0.2) is 5.69 Å². The molecule has 12 heteroatoms. The van der Waals surface area contributed by atoms with Crippen LogP contribution < -0.4 is 20.8 Å². The molecule has 1 amide bonds. The molecule has 12 nitrogen and oxygen atoms in total. The number of amides is 1. The molecule has 3 aromatic carbocycles. The van der Waals surface area contributed by atoms with Crippen molar-refractivity contribution in [2.24, 2.45) is 5.10 Å². The molecule has 0 saturated carbocycles. The summed E-state index contributed by atoms with van der Waals surface area (Å²) in [6.07, 6.45) is 1.54. The monoisotopic (exact) mass is 497 g/mol. The Kier molecular flexibility index (Phi) is 6.45. The quantitative estimate of drug-likeness (QED) is 0.244. The first-order chi connectivity index (χ1) is 18.1. The number of carbonyl (C=O) groups is 1. The number of aromatic nitrogens is 5. The zero-order valence-corrected chi connectivity index (χ0v) is 20.1. The Morgan fingerprint density at radius 2 is 1.92 bits per heavy atom. The fourth-order valence-electron chi connectivity index (χ4n) is 3.92. The van der Waals surface area contributed by atoms with E-state index in [1.807, 2.05) is 78.7 Å². The first-order valence-corrected chi connectivity index (χ1v) is 11.2. The Balaban J connectivity index is 1.45. The molecule has 0 radical (unpaired) electrons. The van der Waals surface area contributed by atoms with Crippen molar-refractivity contribution in [2.75, 3.05) is 24.8 Å². The summed E-state index contributed by atoms with van der Waals surface area (Å²) < 4.78 is 11.5. The topological polar surface area (TPSA) is 150 Å². The molecule has 2 heterocycles. The standard InChI is InChI=1S/C25H23N9O3/c1-33(17-9-4-3-5-10-17)15-20-22(28-32-34(20)24-23(26)30-37-31-24)25(35)29-27-14-19-18-11-7-6-8-16(18)12-13-21(19)36-2/h3-14H,15H2,1-2H3,(H2,26,30)(H,29,35)/b27-14-. The van der Waals surface area contributed by atoms with Crippen molar-refractivity contribution >= 4 is 34.4 Å². The van der Waals surface area contributed by atoms with Crippen molar-refractivity contribution in [1.82, 2.24) is 30.7 Å². The van der Waals surface area contributed by atoms with E-state index in [2.05, 4.69) is 31.2 Å². The highest BCUT2D eigenvalue weighted by atomic mass is 16.6. The van der Waals surface area contributed by atoms with Crippen molar-refractivity contribution in [3.05, 3.63) is 83.7 Å². The predicted octanol–water partition coefficient (Wildman–Crippen LogP) is 2.79. The Hall–Kier alpha value is -5.26. The van der Waals surface area contributed by atoms with E-state index in [1.165, 1.54) is 4.68 Å². The van der Waals surface area contributed by atoms with Crippen molar-refractivity contribution in [1.29, 1.82) is 0 Å². The van der Waals surface area contributed by atoms with Crippen molar-refractivity contribution in [3.63, 3.8) is 0 Å². The third-order valence-corrected chi connectivity index (χ3v) is 5.77. The molecule has 186 valence electrons. The van der Waals surface area contributed by atoms with Gasteiger partial charge in [0.1, 0.15) is 5.75 Å². The second-order valence-electron chi connectivity index (χ2n) is 8.06. The molecule has 5 aromatic rings. The lowest BCUT2D eigenvalue weighted by molar-refractivity contribution is 0.0949. The van der Waals surface area contributed by atoms with Crippen LogP contribution in [0.25, 0.3) is 16.6 Å². The van der Waals surface area contributed by atoms with Crippen LogP contribution in [0.2, 0.25) is 0 Å². The summed E-state index contributed by atoms with van der Waals surface area (Å²) in [6.45, 7) is 0.257. The van der Waals surface area contributed by atoms with E-state index in [4.69, 9.17) is 15.1 Å². The molecule has 2 aromatic heterocycles. The molecular weight excluding hydrogens is 474 g/mol. The SMILES string of the molecule is COc1ccc2ccccc2c1/C=N\NC(=O)c1nnn(-c2nonc2N)c1CN(C)c1ccccc1. The van der Waals surface area contributed by atoms with Crippen LogP contribution in [0.1, 0.15) is 21.7 Å². The number of nitrogens with two attached hydrogens (primary N) is 1. The van der Waals surface area contributed by atoms with Gasteiger partial charge in [0.2, 0.25) is 11.6 Å². The second kappa shape index (κ2) is 10.2. The van der Waals surface area contributed by atoms with E-state index in [9.17, 15) is 4.79 Å². The third-order valence-electron chi connectivity index (χ3n) is 5.77. The normalized spacial score (nSPS) is 11.2. The Morgan fingerprint density at radius 1 is 1.14 bits per heavy atom. The van der Waals surface area contributed by atoms with Gasteiger partial charge in [0, 0.05) is 18.3 Å². The van der Waals surface area contributed by atoms with Crippen molar-refractivity contribution in [2.45, 2.75) is 6.54 Å². The van der Waals surface area contributed by atoms with E-state index < -0.39 is 5.91 Å². The van der Waals surface area contributed by atoms with Crippen molar-refractivity contribution < 1.29 is 14.2 Å². The van der Waals surface area contributed by atoms with Gasteiger partial charge in [-0.3, -0.25) is 4.79 Å². The smallest absolute Gasteiger partial charge is 0.293 e. The molecule has 0 spiro atoms. The van der Waals surface area contributed by atoms with E-state index in [1.54, 1.807) is 13.3 Å². The number of hydrogen-bond donors (Lipinski definition) is 2. The molecule has 5 rings (SSSR count). The first-order valence-electron chi connectivity index (χ1n) is 11.2. The van der Waals surface area contributed by atoms with Crippen LogP contribution in [0, 0.1) is 0 Å². The summed E-state index contributed by atoms with van der Waals surface area (Å²) in [7, 11) is 3.46. The lowest BCUT2D eigenvalue weighted by atomic mass is 10.0. The fourth-order valence-corrected chi connectivity index (χ4v) is 3.92. The van der Waals surface area contributed by atoms with Crippen molar-refractivity contribution in [3.8, 4) is 11.6 Å². The number of fused-ring (bicyclic) bond motifs is 1. The number of anilines is 2. The molecule has 0 atom stereocenters. The number of benzene rings is 3. The van der Waals surface area contributed by atoms with Crippen LogP contribution in [0.4, 0.5) is 11.5 Å². The lowest BCUT2D eigenvalue weighted by Crippen LogP contribution is -2.24. The minimum atomic E-state index is -0.562. The average Bonchev–Trinajstić information content (AvgIpc) is 3.54. The molecule has 0 bridgehead atoms.